The molecule has 1 aliphatic rings. The van der Waals surface area contributed by atoms with Gasteiger partial charge in [-0.2, -0.15) is 5.26 Å². The zero-order chi connectivity index (χ0) is 15.5. The molecule has 1 unspecified atom stereocenters. The number of carboxylic acid groups (broad SMARTS) is 1. The highest BCUT2D eigenvalue weighted by Gasteiger charge is 2.29. The Labute approximate surface area is 129 Å². The van der Waals surface area contributed by atoms with E-state index in [1.165, 1.54) is 0 Å². The first-order chi connectivity index (χ1) is 10.7. The van der Waals surface area contributed by atoms with Gasteiger partial charge >= 0.3 is 5.97 Å². The fourth-order valence-corrected chi connectivity index (χ4v) is 3.24. The third-order valence-electron chi connectivity index (χ3n) is 4.48. The Balaban J connectivity index is 1.88. The monoisotopic (exact) mass is 294 g/mol. The van der Waals surface area contributed by atoms with E-state index in [1.54, 1.807) is 0 Å². The van der Waals surface area contributed by atoms with E-state index in [9.17, 15) is 10.1 Å². The molecule has 4 nitrogen and oxygen atoms in total. The summed E-state index contributed by atoms with van der Waals surface area (Å²) in [7, 11) is 0. The number of fused-ring (bicyclic) bond motifs is 1. The molecule has 1 aliphatic heterocycles. The van der Waals surface area contributed by atoms with Crippen molar-refractivity contribution in [3.05, 3.63) is 48.0 Å². The number of hydrogen-bond donors (Lipinski definition) is 1. The van der Waals surface area contributed by atoms with Crippen molar-refractivity contribution in [3.63, 3.8) is 0 Å². The number of hydrogen-bond acceptors (Lipinski definition) is 3. The van der Waals surface area contributed by atoms with Crippen molar-refractivity contribution in [2.75, 3.05) is 13.1 Å². The van der Waals surface area contributed by atoms with E-state index in [1.807, 2.05) is 42.5 Å². The van der Waals surface area contributed by atoms with Crippen molar-refractivity contribution >= 4 is 16.7 Å². The normalized spacial score (nSPS) is 18.0. The van der Waals surface area contributed by atoms with Crippen molar-refractivity contribution in [1.82, 2.24) is 4.90 Å². The van der Waals surface area contributed by atoms with Gasteiger partial charge in [-0.25, -0.2) is 0 Å². The van der Waals surface area contributed by atoms with Crippen LogP contribution in [-0.4, -0.2) is 29.1 Å². The second kappa shape index (κ2) is 6.17. The van der Waals surface area contributed by atoms with Crippen LogP contribution in [0.2, 0.25) is 0 Å². The molecule has 1 N–H and O–H groups in total. The summed E-state index contributed by atoms with van der Waals surface area (Å²) in [5, 5.41) is 21.0. The fourth-order valence-electron chi connectivity index (χ4n) is 3.24. The van der Waals surface area contributed by atoms with E-state index in [-0.39, 0.29) is 12.0 Å². The first-order valence-electron chi connectivity index (χ1n) is 7.55. The molecule has 2 aromatic rings. The first kappa shape index (κ1) is 14.6. The Morgan fingerprint density at radius 2 is 1.86 bits per heavy atom. The maximum Gasteiger partial charge on any atom is 0.306 e. The van der Waals surface area contributed by atoms with Gasteiger partial charge in [0, 0.05) is 13.1 Å². The summed E-state index contributed by atoms with van der Waals surface area (Å²) >= 11 is 0. The Bertz CT molecular complexity index is 722. The van der Waals surface area contributed by atoms with E-state index >= 15 is 0 Å². The Kier molecular flexibility index (Phi) is 4.08. The number of benzene rings is 2. The molecule has 0 saturated carbocycles. The van der Waals surface area contributed by atoms with Crippen LogP contribution in [0.15, 0.2) is 42.5 Å². The number of rotatable bonds is 3. The minimum Gasteiger partial charge on any atom is -0.481 e. The number of aliphatic carboxylic acids is 1. The van der Waals surface area contributed by atoms with Gasteiger partial charge in [-0.15, -0.1) is 0 Å². The topological polar surface area (TPSA) is 64.3 Å². The summed E-state index contributed by atoms with van der Waals surface area (Å²) in [4.78, 5) is 13.2. The standard InChI is InChI=1S/C18H18N2O2/c19-12-17(20-10-8-14(9-11-20)18(21)22)16-7-3-5-13-4-1-2-6-15(13)16/h1-7,14,17H,8-11H2,(H,21,22). The summed E-state index contributed by atoms with van der Waals surface area (Å²) in [6.07, 6.45) is 1.22. The van der Waals surface area contributed by atoms with Gasteiger partial charge in [0.05, 0.1) is 12.0 Å². The second-order valence-corrected chi connectivity index (χ2v) is 5.75. The van der Waals surface area contributed by atoms with Crippen LogP contribution < -0.4 is 0 Å². The van der Waals surface area contributed by atoms with Crippen LogP contribution in [0, 0.1) is 17.2 Å². The largest absolute Gasteiger partial charge is 0.481 e. The molecule has 3 rings (SSSR count). The van der Waals surface area contributed by atoms with Crippen LogP contribution >= 0.6 is 0 Å². The number of likely N-dealkylation sites (tertiary alicyclic amines) is 1. The molecule has 2 aromatic carbocycles. The number of piperidine rings is 1. The van der Waals surface area contributed by atoms with Gasteiger partial charge in [-0.1, -0.05) is 42.5 Å². The third kappa shape index (κ3) is 2.68. The average molecular weight is 294 g/mol. The highest BCUT2D eigenvalue weighted by molar-refractivity contribution is 5.86. The predicted octanol–water partition coefficient (Wildman–Crippen LogP) is 3.20. The van der Waals surface area contributed by atoms with Gasteiger partial charge in [0.25, 0.3) is 0 Å². The molecule has 22 heavy (non-hydrogen) atoms. The zero-order valence-corrected chi connectivity index (χ0v) is 12.3. The SMILES string of the molecule is N#CC(c1cccc2ccccc12)N1CCC(C(=O)O)CC1. The molecular weight excluding hydrogens is 276 g/mol. The number of nitriles is 1. The third-order valence-corrected chi connectivity index (χ3v) is 4.48. The van der Waals surface area contributed by atoms with Gasteiger partial charge in [-0.3, -0.25) is 9.69 Å². The van der Waals surface area contributed by atoms with Crippen LogP contribution in [0.1, 0.15) is 24.4 Å². The van der Waals surface area contributed by atoms with E-state index < -0.39 is 5.97 Å². The zero-order valence-electron chi connectivity index (χ0n) is 12.3. The Hall–Kier alpha value is -2.38. The van der Waals surface area contributed by atoms with Crippen molar-refractivity contribution in [2.24, 2.45) is 5.92 Å². The minimum absolute atomic E-state index is 0.275. The highest BCUT2D eigenvalue weighted by Crippen LogP contribution is 2.31. The van der Waals surface area contributed by atoms with Crippen LogP contribution in [0.25, 0.3) is 10.8 Å². The van der Waals surface area contributed by atoms with Gasteiger partial charge in [0.15, 0.2) is 0 Å². The van der Waals surface area contributed by atoms with Crippen molar-refractivity contribution in [2.45, 2.75) is 18.9 Å². The molecule has 0 bridgehead atoms. The van der Waals surface area contributed by atoms with Crippen molar-refractivity contribution in [3.8, 4) is 6.07 Å². The summed E-state index contributed by atoms with van der Waals surface area (Å²) in [6.45, 7) is 1.30. The van der Waals surface area contributed by atoms with E-state index in [0.29, 0.717) is 25.9 Å². The van der Waals surface area contributed by atoms with E-state index in [4.69, 9.17) is 5.11 Å². The molecule has 1 saturated heterocycles. The predicted molar refractivity (Wildman–Crippen MR) is 84.2 cm³/mol. The lowest BCUT2D eigenvalue weighted by Gasteiger charge is -2.33. The summed E-state index contributed by atoms with van der Waals surface area (Å²) < 4.78 is 0. The van der Waals surface area contributed by atoms with Gasteiger partial charge in [0.2, 0.25) is 0 Å². The summed E-state index contributed by atoms with van der Waals surface area (Å²) in [6, 6.07) is 16.2. The molecule has 0 radical (unpaired) electrons. The molecule has 0 amide bonds. The lowest BCUT2D eigenvalue weighted by Crippen LogP contribution is -2.38. The van der Waals surface area contributed by atoms with Gasteiger partial charge < -0.3 is 5.11 Å². The molecule has 1 fully saturated rings. The van der Waals surface area contributed by atoms with Gasteiger partial charge in [0.1, 0.15) is 6.04 Å². The van der Waals surface area contributed by atoms with Crippen LogP contribution in [-0.2, 0) is 4.79 Å². The molecule has 4 heteroatoms. The van der Waals surface area contributed by atoms with Crippen LogP contribution in [0.4, 0.5) is 0 Å². The molecule has 112 valence electrons. The highest BCUT2D eigenvalue weighted by atomic mass is 16.4. The number of carbonyl (C=O) groups is 1. The molecule has 0 spiro atoms. The number of carboxylic acids is 1. The summed E-state index contributed by atoms with van der Waals surface area (Å²) in [5.41, 5.74) is 1.01. The Morgan fingerprint density at radius 1 is 1.18 bits per heavy atom. The summed E-state index contributed by atoms with van der Waals surface area (Å²) in [5.74, 6) is -0.999. The molecule has 1 atom stereocenters. The van der Waals surface area contributed by atoms with Crippen molar-refractivity contribution in [1.29, 1.82) is 5.26 Å². The average Bonchev–Trinajstić information content (AvgIpc) is 2.56. The molecule has 0 aromatic heterocycles. The second-order valence-electron chi connectivity index (χ2n) is 5.75. The quantitative estimate of drug-likeness (QED) is 0.944. The Morgan fingerprint density at radius 3 is 2.55 bits per heavy atom. The lowest BCUT2D eigenvalue weighted by atomic mass is 9.93. The number of nitrogens with zero attached hydrogens (tertiary/aromatic N) is 2. The lowest BCUT2D eigenvalue weighted by molar-refractivity contribution is -0.143. The molecular formula is C18H18N2O2. The van der Waals surface area contributed by atoms with E-state index in [2.05, 4.69) is 11.0 Å². The van der Waals surface area contributed by atoms with E-state index in [0.717, 1.165) is 16.3 Å². The van der Waals surface area contributed by atoms with Crippen LogP contribution in [0.5, 0.6) is 0 Å². The minimum atomic E-state index is -0.724. The van der Waals surface area contributed by atoms with Crippen molar-refractivity contribution < 1.29 is 9.90 Å². The first-order valence-corrected chi connectivity index (χ1v) is 7.55. The molecule has 1 heterocycles. The molecule has 0 aliphatic carbocycles. The fraction of sp³-hybridized carbons (Fsp3) is 0.333. The maximum atomic E-state index is 11.1. The maximum absolute atomic E-state index is 11.1. The smallest absolute Gasteiger partial charge is 0.306 e. The van der Waals surface area contributed by atoms with Gasteiger partial charge in [-0.05, 0) is 29.2 Å². The van der Waals surface area contributed by atoms with Crippen LogP contribution in [0.3, 0.4) is 0 Å².